The lowest BCUT2D eigenvalue weighted by Crippen LogP contribution is -2.51. The number of nitrogens with zero attached hydrogens (tertiary/aromatic N) is 2. The van der Waals surface area contributed by atoms with E-state index in [1.165, 1.54) is 15.3 Å². The highest BCUT2D eigenvalue weighted by Crippen LogP contribution is 2.23. The normalized spacial score (nSPS) is 15.0. The van der Waals surface area contributed by atoms with Gasteiger partial charge >= 0.3 is 0 Å². The Morgan fingerprint density at radius 2 is 1.71 bits per heavy atom. The van der Waals surface area contributed by atoms with Gasteiger partial charge < -0.3 is 9.64 Å². The maximum absolute atomic E-state index is 13.3. The molecule has 7 nitrogen and oxygen atoms in total. The fourth-order valence-electron chi connectivity index (χ4n) is 3.14. The van der Waals surface area contributed by atoms with Gasteiger partial charge in [-0.2, -0.15) is 4.31 Å². The predicted molar refractivity (Wildman–Crippen MR) is 113 cm³/mol. The number of carbonyl (C=O) groups excluding carboxylic acids is 2. The molecule has 1 heterocycles. The summed E-state index contributed by atoms with van der Waals surface area (Å²) in [6, 6.07) is 9.83. The van der Waals surface area contributed by atoms with Crippen LogP contribution in [0.15, 0.2) is 47.4 Å². The van der Waals surface area contributed by atoms with Crippen LogP contribution in [0.4, 0.5) is 4.39 Å². The summed E-state index contributed by atoms with van der Waals surface area (Å²) in [5.74, 6) is -0.466. The second kappa shape index (κ2) is 9.76. The number of Topliss-reactive ketones (excluding diaryl/α,β-unsaturated/α-hetero) is 1. The van der Waals surface area contributed by atoms with Crippen molar-refractivity contribution in [3.63, 3.8) is 0 Å². The highest BCUT2D eigenvalue weighted by Gasteiger charge is 2.30. The molecular formula is C21H22ClFN2O5S. The molecular weight excluding hydrogens is 447 g/mol. The van der Waals surface area contributed by atoms with Crippen molar-refractivity contribution >= 4 is 33.3 Å². The van der Waals surface area contributed by atoms with Crippen LogP contribution in [0.5, 0.6) is 5.75 Å². The van der Waals surface area contributed by atoms with E-state index in [9.17, 15) is 22.4 Å². The molecule has 166 valence electrons. The van der Waals surface area contributed by atoms with E-state index in [4.69, 9.17) is 16.3 Å². The SMILES string of the molecule is CCC(=O)c1ccc(OCC(=O)N2CCN(S(=O)(=O)c3ccc(F)c(Cl)c3)CC2)cc1. The molecule has 2 aromatic rings. The minimum atomic E-state index is -3.83. The van der Waals surface area contributed by atoms with Crippen LogP contribution in [0.25, 0.3) is 0 Å². The molecule has 0 unspecified atom stereocenters. The molecule has 0 radical (unpaired) electrons. The largest absolute Gasteiger partial charge is 0.484 e. The minimum Gasteiger partial charge on any atom is -0.484 e. The summed E-state index contributed by atoms with van der Waals surface area (Å²) in [5, 5.41) is -0.265. The molecule has 0 bridgehead atoms. The van der Waals surface area contributed by atoms with E-state index in [2.05, 4.69) is 0 Å². The first kappa shape index (κ1) is 23.2. The number of carbonyl (C=O) groups is 2. The van der Waals surface area contributed by atoms with Crippen molar-refractivity contribution < 1.29 is 27.1 Å². The van der Waals surface area contributed by atoms with E-state index in [-0.39, 0.29) is 54.4 Å². The van der Waals surface area contributed by atoms with Crippen LogP contribution in [-0.2, 0) is 14.8 Å². The van der Waals surface area contributed by atoms with Gasteiger partial charge in [0, 0.05) is 38.2 Å². The summed E-state index contributed by atoms with van der Waals surface area (Å²) < 4.78 is 45.5. The van der Waals surface area contributed by atoms with E-state index in [1.807, 2.05) is 0 Å². The molecule has 0 N–H and O–H groups in total. The van der Waals surface area contributed by atoms with Crippen LogP contribution in [0.3, 0.4) is 0 Å². The second-order valence-electron chi connectivity index (χ2n) is 6.95. The molecule has 31 heavy (non-hydrogen) atoms. The van der Waals surface area contributed by atoms with Crippen LogP contribution in [-0.4, -0.2) is 62.1 Å². The molecule has 0 aromatic heterocycles. The molecule has 0 saturated carbocycles. The number of benzene rings is 2. The third-order valence-electron chi connectivity index (χ3n) is 4.98. The van der Waals surface area contributed by atoms with E-state index >= 15 is 0 Å². The van der Waals surface area contributed by atoms with Gasteiger partial charge in [0.15, 0.2) is 12.4 Å². The summed E-state index contributed by atoms with van der Waals surface area (Å²) in [6.45, 7) is 2.22. The lowest BCUT2D eigenvalue weighted by atomic mass is 10.1. The topological polar surface area (TPSA) is 84.0 Å². The Bertz CT molecular complexity index is 1070. The zero-order valence-corrected chi connectivity index (χ0v) is 18.5. The zero-order chi connectivity index (χ0) is 22.6. The maximum Gasteiger partial charge on any atom is 0.260 e. The van der Waals surface area contributed by atoms with Gasteiger partial charge in [0.05, 0.1) is 9.92 Å². The summed E-state index contributed by atoms with van der Waals surface area (Å²) in [6.07, 6.45) is 0.411. The van der Waals surface area contributed by atoms with Crippen LogP contribution in [0, 0.1) is 5.82 Å². The van der Waals surface area contributed by atoms with Crippen molar-refractivity contribution in [2.24, 2.45) is 0 Å². The van der Waals surface area contributed by atoms with Gasteiger partial charge in [-0.1, -0.05) is 18.5 Å². The van der Waals surface area contributed by atoms with Crippen molar-refractivity contribution in [2.75, 3.05) is 32.8 Å². The molecule has 0 spiro atoms. The summed E-state index contributed by atoms with van der Waals surface area (Å²) in [4.78, 5) is 25.5. The standard InChI is InChI=1S/C21H22ClFN2O5S/c1-2-20(26)15-3-5-16(6-4-15)30-14-21(27)24-9-11-25(12-10-24)31(28,29)17-7-8-19(23)18(22)13-17/h3-8,13H,2,9-12,14H2,1H3. The van der Waals surface area contributed by atoms with Crippen molar-refractivity contribution in [1.29, 1.82) is 0 Å². The minimum absolute atomic E-state index is 0.0263. The number of halogens is 2. The van der Waals surface area contributed by atoms with Crippen LogP contribution >= 0.6 is 11.6 Å². The lowest BCUT2D eigenvalue weighted by molar-refractivity contribution is -0.134. The Kier molecular flexibility index (Phi) is 7.30. The molecule has 3 rings (SSSR count). The number of piperazine rings is 1. The highest BCUT2D eigenvalue weighted by molar-refractivity contribution is 7.89. The average molecular weight is 469 g/mol. The number of hydrogen-bond donors (Lipinski definition) is 0. The quantitative estimate of drug-likeness (QED) is 0.583. The third kappa shape index (κ3) is 5.41. The number of sulfonamides is 1. The molecule has 10 heteroatoms. The molecule has 1 aliphatic rings. The van der Waals surface area contributed by atoms with E-state index in [0.717, 1.165) is 12.1 Å². The van der Waals surface area contributed by atoms with Crippen LogP contribution in [0.2, 0.25) is 5.02 Å². The Hall–Kier alpha value is -2.49. The Morgan fingerprint density at radius 1 is 1.06 bits per heavy atom. The van der Waals surface area contributed by atoms with E-state index in [0.29, 0.717) is 17.7 Å². The van der Waals surface area contributed by atoms with Gasteiger partial charge in [-0.05, 0) is 42.5 Å². The fraction of sp³-hybridized carbons (Fsp3) is 0.333. The number of rotatable bonds is 7. The van der Waals surface area contributed by atoms with Crippen LogP contribution in [0.1, 0.15) is 23.7 Å². The van der Waals surface area contributed by atoms with Crippen molar-refractivity contribution in [3.05, 3.63) is 58.9 Å². The van der Waals surface area contributed by atoms with Crippen LogP contribution < -0.4 is 4.74 Å². The van der Waals surface area contributed by atoms with Gasteiger partial charge in [0.25, 0.3) is 5.91 Å². The molecule has 2 aromatic carbocycles. The number of ether oxygens (including phenoxy) is 1. The monoisotopic (exact) mass is 468 g/mol. The van der Waals surface area contributed by atoms with Gasteiger partial charge in [-0.15, -0.1) is 0 Å². The predicted octanol–water partition coefficient (Wildman–Crippen LogP) is 2.98. The third-order valence-corrected chi connectivity index (χ3v) is 7.16. The van der Waals surface area contributed by atoms with Gasteiger partial charge in [0.2, 0.25) is 10.0 Å². The number of ketones is 1. The smallest absolute Gasteiger partial charge is 0.260 e. The summed E-state index contributed by atoms with van der Waals surface area (Å²) in [7, 11) is -3.83. The average Bonchev–Trinajstić information content (AvgIpc) is 2.79. The van der Waals surface area contributed by atoms with Crippen molar-refractivity contribution in [2.45, 2.75) is 18.2 Å². The molecule has 1 aliphatic heterocycles. The molecule has 1 fully saturated rings. The number of hydrogen-bond acceptors (Lipinski definition) is 5. The van der Waals surface area contributed by atoms with E-state index < -0.39 is 15.8 Å². The molecule has 1 amide bonds. The van der Waals surface area contributed by atoms with Crippen molar-refractivity contribution in [3.8, 4) is 5.75 Å². The van der Waals surface area contributed by atoms with Gasteiger partial charge in [-0.3, -0.25) is 9.59 Å². The summed E-state index contributed by atoms with van der Waals surface area (Å²) in [5.41, 5.74) is 0.584. The van der Waals surface area contributed by atoms with Gasteiger partial charge in [0.1, 0.15) is 11.6 Å². The number of amides is 1. The zero-order valence-electron chi connectivity index (χ0n) is 16.9. The molecule has 0 aliphatic carbocycles. The Balaban J connectivity index is 1.53. The first-order valence-electron chi connectivity index (χ1n) is 9.71. The molecule has 1 saturated heterocycles. The van der Waals surface area contributed by atoms with E-state index in [1.54, 1.807) is 31.2 Å². The van der Waals surface area contributed by atoms with Gasteiger partial charge in [-0.25, -0.2) is 12.8 Å². The molecule has 0 atom stereocenters. The highest BCUT2D eigenvalue weighted by atomic mass is 35.5. The van der Waals surface area contributed by atoms with Crippen molar-refractivity contribution in [1.82, 2.24) is 9.21 Å². The summed E-state index contributed by atoms with van der Waals surface area (Å²) >= 11 is 5.70. The second-order valence-corrected chi connectivity index (χ2v) is 9.30. The lowest BCUT2D eigenvalue weighted by Gasteiger charge is -2.34. The maximum atomic E-state index is 13.3. The Labute approximate surface area is 185 Å². The first-order valence-corrected chi connectivity index (χ1v) is 11.5. The first-order chi connectivity index (χ1) is 14.7. The fourth-order valence-corrected chi connectivity index (χ4v) is 4.84. The Morgan fingerprint density at radius 3 is 2.29 bits per heavy atom.